The van der Waals surface area contributed by atoms with Crippen molar-refractivity contribution in [3.05, 3.63) is 29.8 Å². The molecule has 0 N–H and O–H groups in total. The third-order valence-electron chi connectivity index (χ3n) is 4.73. The average Bonchev–Trinajstić information content (AvgIpc) is 2.59. The molecule has 0 aliphatic heterocycles. The van der Waals surface area contributed by atoms with Crippen LogP contribution in [-0.2, 0) is 11.2 Å². The van der Waals surface area contributed by atoms with E-state index in [0.29, 0.717) is 5.75 Å². The molecule has 0 atom stereocenters. The van der Waals surface area contributed by atoms with Crippen molar-refractivity contribution in [1.29, 1.82) is 0 Å². The van der Waals surface area contributed by atoms with Crippen LogP contribution < -0.4 is 4.74 Å². The Morgan fingerprint density at radius 1 is 0.800 bits per heavy atom. The molecule has 1 aromatic carbocycles. The highest BCUT2D eigenvalue weighted by atomic mass is 16.5. The molecule has 0 radical (unpaired) electrons. The summed E-state index contributed by atoms with van der Waals surface area (Å²) in [4.78, 5) is 11.0. The molecule has 25 heavy (non-hydrogen) atoms. The summed E-state index contributed by atoms with van der Waals surface area (Å²) in [6, 6.07) is 7.92. The van der Waals surface area contributed by atoms with Gasteiger partial charge in [-0.1, -0.05) is 96.1 Å². The lowest BCUT2D eigenvalue weighted by Crippen LogP contribution is -2.01. The second-order valence-electron chi connectivity index (χ2n) is 7.23. The van der Waals surface area contributed by atoms with E-state index in [1.807, 2.05) is 18.2 Å². The summed E-state index contributed by atoms with van der Waals surface area (Å²) in [6.07, 6.45) is 19.1. The predicted octanol–water partition coefficient (Wildman–Crippen LogP) is 7.25. The molecule has 0 aliphatic carbocycles. The van der Waals surface area contributed by atoms with Crippen LogP contribution in [0.15, 0.2) is 24.3 Å². The van der Waals surface area contributed by atoms with E-state index in [4.69, 9.17) is 4.74 Å². The number of ether oxygens (including phenoxy) is 1. The lowest BCUT2D eigenvalue weighted by Gasteiger charge is -2.05. The second-order valence-corrected chi connectivity index (χ2v) is 7.23. The maximum atomic E-state index is 11.0. The molecular formula is C23H38O2. The third kappa shape index (κ3) is 12.7. The van der Waals surface area contributed by atoms with Gasteiger partial charge in [0.15, 0.2) is 0 Å². The van der Waals surface area contributed by atoms with E-state index in [1.54, 1.807) is 0 Å². The fourth-order valence-electron chi connectivity index (χ4n) is 3.28. The molecule has 0 heterocycles. The largest absolute Gasteiger partial charge is 0.427 e. The van der Waals surface area contributed by atoms with E-state index in [1.165, 1.54) is 96.0 Å². The topological polar surface area (TPSA) is 26.3 Å². The second kappa shape index (κ2) is 15.0. The van der Waals surface area contributed by atoms with Crippen molar-refractivity contribution >= 4 is 5.97 Å². The number of carbonyl (C=O) groups excluding carboxylic acids is 1. The van der Waals surface area contributed by atoms with Crippen LogP contribution >= 0.6 is 0 Å². The summed E-state index contributed by atoms with van der Waals surface area (Å²) in [5.41, 5.74) is 1.27. The number of benzene rings is 1. The standard InChI is InChI=1S/C23H38O2/c1-3-4-5-6-7-8-9-10-11-12-13-14-15-17-22-18-16-19-23(20-22)25-21(2)24/h16,18-20H,3-15,17H2,1-2H3. The maximum absolute atomic E-state index is 11.0. The molecule has 0 amide bonds. The van der Waals surface area contributed by atoms with Crippen molar-refractivity contribution in [3.63, 3.8) is 0 Å². The van der Waals surface area contributed by atoms with Crippen molar-refractivity contribution < 1.29 is 9.53 Å². The van der Waals surface area contributed by atoms with Crippen molar-refractivity contribution in [2.24, 2.45) is 0 Å². The van der Waals surface area contributed by atoms with Gasteiger partial charge in [-0.25, -0.2) is 0 Å². The first kappa shape index (κ1) is 21.7. The Labute approximate surface area is 155 Å². The Morgan fingerprint density at radius 3 is 1.84 bits per heavy atom. The number of unbranched alkanes of at least 4 members (excludes halogenated alkanes) is 12. The van der Waals surface area contributed by atoms with Crippen molar-refractivity contribution in [1.82, 2.24) is 0 Å². The highest BCUT2D eigenvalue weighted by molar-refractivity contribution is 5.69. The Kier molecular flexibility index (Phi) is 13.0. The Morgan fingerprint density at radius 2 is 1.32 bits per heavy atom. The molecule has 0 aromatic heterocycles. The average molecular weight is 347 g/mol. The normalized spacial score (nSPS) is 10.8. The fraction of sp³-hybridized carbons (Fsp3) is 0.696. The van der Waals surface area contributed by atoms with E-state index in [2.05, 4.69) is 13.0 Å². The first-order chi connectivity index (χ1) is 12.2. The van der Waals surface area contributed by atoms with Crippen LogP contribution in [0, 0.1) is 0 Å². The number of hydrogen-bond donors (Lipinski definition) is 0. The van der Waals surface area contributed by atoms with Gasteiger partial charge < -0.3 is 4.74 Å². The van der Waals surface area contributed by atoms with Gasteiger partial charge in [-0.15, -0.1) is 0 Å². The highest BCUT2D eigenvalue weighted by Gasteiger charge is 2.00. The zero-order valence-electron chi connectivity index (χ0n) is 16.5. The number of rotatable bonds is 15. The Hall–Kier alpha value is -1.31. The van der Waals surface area contributed by atoms with Gasteiger partial charge in [0.25, 0.3) is 0 Å². The molecule has 0 aliphatic rings. The summed E-state index contributed by atoms with van der Waals surface area (Å²) in [5, 5.41) is 0. The Bertz CT molecular complexity index is 453. The zero-order chi connectivity index (χ0) is 18.2. The summed E-state index contributed by atoms with van der Waals surface area (Å²) in [7, 11) is 0. The number of aryl methyl sites for hydroxylation is 1. The van der Waals surface area contributed by atoms with E-state index in [-0.39, 0.29) is 5.97 Å². The molecule has 1 aromatic rings. The fourth-order valence-corrected chi connectivity index (χ4v) is 3.28. The number of hydrogen-bond acceptors (Lipinski definition) is 2. The van der Waals surface area contributed by atoms with E-state index in [9.17, 15) is 4.79 Å². The summed E-state index contributed by atoms with van der Waals surface area (Å²) in [5.74, 6) is 0.415. The molecule has 2 heteroatoms. The summed E-state index contributed by atoms with van der Waals surface area (Å²) < 4.78 is 5.13. The van der Waals surface area contributed by atoms with Gasteiger partial charge in [-0.3, -0.25) is 4.79 Å². The van der Waals surface area contributed by atoms with Crippen LogP contribution in [0.2, 0.25) is 0 Å². The molecule has 0 saturated heterocycles. The van der Waals surface area contributed by atoms with Crippen LogP contribution in [-0.4, -0.2) is 5.97 Å². The van der Waals surface area contributed by atoms with E-state index < -0.39 is 0 Å². The smallest absolute Gasteiger partial charge is 0.308 e. The number of esters is 1. The van der Waals surface area contributed by atoms with Gasteiger partial charge in [0.1, 0.15) is 5.75 Å². The van der Waals surface area contributed by atoms with Crippen LogP contribution in [0.25, 0.3) is 0 Å². The van der Waals surface area contributed by atoms with Crippen LogP contribution in [0.4, 0.5) is 0 Å². The van der Waals surface area contributed by atoms with Crippen LogP contribution in [0.5, 0.6) is 5.75 Å². The van der Waals surface area contributed by atoms with Gasteiger partial charge in [0.2, 0.25) is 0 Å². The van der Waals surface area contributed by atoms with Gasteiger partial charge in [-0.05, 0) is 30.5 Å². The maximum Gasteiger partial charge on any atom is 0.308 e. The van der Waals surface area contributed by atoms with Gasteiger partial charge in [0.05, 0.1) is 0 Å². The predicted molar refractivity (Wildman–Crippen MR) is 107 cm³/mol. The summed E-state index contributed by atoms with van der Waals surface area (Å²) >= 11 is 0. The van der Waals surface area contributed by atoms with E-state index >= 15 is 0 Å². The lowest BCUT2D eigenvalue weighted by molar-refractivity contribution is -0.131. The monoisotopic (exact) mass is 346 g/mol. The molecule has 0 fully saturated rings. The minimum Gasteiger partial charge on any atom is -0.427 e. The van der Waals surface area contributed by atoms with Crippen LogP contribution in [0.3, 0.4) is 0 Å². The van der Waals surface area contributed by atoms with Crippen molar-refractivity contribution in [3.8, 4) is 5.75 Å². The van der Waals surface area contributed by atoms with Crippen molar-refractivity contribution in [2.75, 3.05) is 0 Å². The van der Waals surface area contributed by atoms with Crippen molar-refractivity contribution in [2.45, 2.75) is 104 Å². The SMILES string of the molecule is CCCCCCCCCCCCCCCc1cccc(OC(C)=O)c1. The molecule has 1 rings (SSSR count). The molecular weight excluding hydrogens is 308 g/mol. The molecule has 0 spiro atoms. The minimum absolute atomic E-state index is 0.252. The first-order valence-electron chi connectivity index (χ1n) is 10.5. The quantitative estimate of drug-likeness (QED) is 0.190. The molecule has 0 bridgehead atoms. The Balaban J connectivity index is 1.93. The molecule has 0 saturated carbocycles. The summed E-state index contributed by atoms with van der Waals surface area (Å²) in [6.45, 7) is 3.72. The first-order valence-corrected chi connectivity index (χ1v) is 10.5. The van der Waals surface area contributed by atoms with Gasteiger partial charge in [-0.2, -0.15) is 0 Å². The third-order valence-corrected chi connectivity index (χ3v) is 4.73. The molecule has 142 valence electrons. The minimum atomic E-state index is -0.252. The van der Waals surface area contributed by atoms with Gasteiger partial charge in [0, 0.05) is 6.92 Å². The number of carbonyl (C=O) groups is 1. The van der Waals surface area contributed by atoms with Gasteiger partial charge >= 0.3 is 5.97 Å². The van der Waals surface area contributed by atoms with Crippen LogP contribution in [0.1, 0.15) is 103 Å². The molecule has 0 unspecified atom stereocenters. The highest BCUT2D eigenvalue weighted by Crippen LogP contribution is 2.17. The lowest BCUT2D eigenvalue weighted by atomic mass is 10.0. The zero-order valence-corrected chi connectivity index (χ0v) is 16.5. The molecule has 2 nitrogen and oxygen atoms in total. The van der Waals surface area contributed by atoms with E-state index in [0.717, 1.165) is 6.42 Å².